The van der Waals surface area contributed by atoms with Gasteiger partial charge in [-0.2, -0.15) is 0 Å². The second-order valence-corrected chi connectivity index (χ2v) is 5.96. The second kappa shape index (κ2) is 6.27. The van der Waals surface area contributed by atoms with Gasteiger partial charge in [0.2, 0.25) is 0 Å². The summed E-state index contributed by atoms with van der Waals surface area (Å²) in [5.41, 5.74) is 0.441. The molecule has 0 spiro atoms. The molecule has 1 saturated carbocycles. The number of hydrogen-bond acceptors (Lipinski definition) is 4. The quantitative estimate of drug-likeness (QED) is 0.656. The Labute approximate surface area is 120 Å². The number of phenols is 2. The van der Waals surface area contributed by atoms with Crippen LogP contribution in [0.25, 0.3) is 0 Å². The van der Waals surface area contributed by atoms with Gasteiger partial charge in [-0.15, -0.1) is 0 Å². The molecule has 2 rings (SSSR count). The number of nitrogens with zero attached hydrogens (tertiary/aromatic N) is 1. The van der Waals surface area contributed by atoms with Gasteiger partial charge in [-0.3, -0.25) is 9.69 Å². The maximum Gasteiger partial charge on any atom is 0.176 e. The fourth-order valence-electron chi connectivity index (χ4n) is 2.83. The van der Waals surface area contributed by atoms with Crippen molar-refractivity contribution in [3.8, 4) is 11.5 Å². The maximum absolute atomic E-state index is 12.2. The topological polar surface area (TPSA) is 60.8 Å². The zero-order valence-corrected chi connectivity index (χ0v) is 12.2. The third kappa shape index (κ3) is 3.51. The Morgan fingerprint density at radius 2 is 1.85 bits per heavy atom. The Morgan fingerprint density at radius 3 is 2.45 bits per heavy atom. The van der Waals surface area contributed by atoms with Crippen molar-refractivity contribution in [2.75, 3.05) is 13.6 Å². The van der Waals surface area contributed by atoms with Gasteiger partial charge in [0, 0.05) is 11.6 Å². The Balaban J connectivity index is 1.95. The highest BCUT2D eigenvalue weighted by Crippen LogP contribution is 2.27. The number of phenolic OH excluding ortho intramolecular Hbond substituents is 2. The number of aromatic hydroxyl groups is 2. The number of ketones is 1. The normalized spacial score (nSPS) is 22.9. The summed E-state index contributed by atoms with van der Waals surface area (Å²) >= 11 is 0. The van der Waals surface area contributed by atoms with Crippen molar-refractivity contribution in [1.29, 1.82) is 0 Å². The van der Waals surface area contributed by atoms with E-state index in [-0.39, 0.29) is 17.3 Å². The molecular formula is C16H23NO3. The summed E-state index contributed by atoms with van der Waals surface area (Å²) in [6.07, 6.45) is 4.74. The molecule has 1 aliphatic carbocycles. The number of rotatable bonds is 4. The Kier molecular flexibility index (Phi) is 4.65. The molecule has 1 fully saturated rings. The molecule has 0 radical (unpaired) electrons. The van der Waals surface area contributed by atoms with E-state index < -0.39 is 0 Å². The van der Waals surface area contributed by atoms with Crippen molar-refractivity contribution in [1.82, 2.24) is 4.90 Å². The molecule has 4 heteroatoms. The summed E-state index contributed by atoms with van der Waals surface area (Å²) in [5.74, 6) is 0.326. The summed E-state index contributed by atoms with van der Waals surface area (Å²) in [6.45, 7) is 2.63. The van der Waals surface area contributed by atoms with Gasteiger partial charge >= 0.3 is 0 Å². The zero-order chi connectivity index (χ0) is 14.7. The van der Waals surface area contributed by atoms with Gasteiger partial charge in [-0.1, -0.05) is 6.92 Å². The molecule has 1 aromatic carbocycles. The molecule has 1 aromatic rings. The monoisotopic (exact) mass is 277 g/mol. The van der Waals surface area contributed by atoms with Crippen LogP contribution in [0.1, 0.15) is 43.0 Å². The van der Waals surface area contributed by atoms with Gasteiger partial charge in [-0.05, 0) is 56.8 Å². The van der Waals surface area contributed by atoms with E-state index in [1.54, 1.807) is 6.07 Å². The molecule has 0 bridgehead atoms. The highest BCUT2D eigenvalue weighted by Gasteiger charge is 2.23. The average molecular weight is 277 g/mol. The van der Waals surface area contributed by atoms with E-state index >= 15 is 0 Å². The van der Waals surface area contributed by atoms with Gasteiger partial charge in [-0.25, -0.2) is 0 Å². The summed E-state index contributed by atoms with van der Waals surface area (Å²) in [7, 11) is 1.98. The van der Waals surface area contributed by atoms with Gasteiger partial charge < -0.3 is 10.2 Å². The van der Waals surface area contributed by atoms with Crippen molar-refractivity contribution < 1.29 is 15.0 Å². The molecule has 1 aliphatic rings. The number of carbonyl (C=O) groups is 1. The zero-order valence-electron chi connectivity index (χ0n) is 12.2. The van der Waals surface area contributed by atoms with Crippen LogP contribution >= 0.6 is 0 Å². The number of likely N-dealkylation sites (N-methyl/N-ethyl adjacent to an activating group) is 1. The lowest BCUT2D eigenvalue weighted by molar-refractivity contribution is 0.0888. The number of Topliss-reactive ketones (excluding diaryl/α,β-unsaturated/α-hetero) is 1. The number of carbonyl (C=O) groups excluding carboxylic acids is 1. The first-order valence-corrected chi connectivity index (χ1v) is 7.22. The molecule has 0 unspecified atom stereocenters. The first-order valence-electron chi connectivity index (χ1n) is 7.22. The molecule has 0 amide bonds. The van der Waals surface area contributed by atoms with E-state index in [4.69, 9.17) is 0 Å². The van der Waals surface area contributed by atoms with Crippen LogP contribution in [0.4, 0.5) is 0 Å². The van der Waals surface area contributed by atoms with Crippen LogP contribution in [0.3, 0.4) is 0 Å². The SMILES string of the molecule is CC1CCC(N(C)CC(=O)c2ccc(O)c(O)c2)CC1. The smallest absolute Gasteiger partial charge is 0.176 e. The summed E-state index contributed by atoms with van der Waals surface area (Å²) in [4.78, 5) is 14.3. The molecule has 4 nitrogen and oxygen atoms in total. The van der Waals surface area contributed by atoms with Crippen LogP contribution in [0, 0.1) is 5.92 Å². The third-order valence-electron chi connectivity index (χ3n) is 4.30. The molecule has 20 heavy (non-hydrogen) atoms. The second-order valence-electron chi connectivity index (χ2n) is 5.96. The lowest BCUT2D eigenvalue weighted by Crippen LogP contribution is -2.38. The van der Waals surface area contributed by atoms with E-state index in [1.165, 1.54) is 25.0 Å². The van der Waals surface area contributed by atoms with Crippen LogP contribution in [0.5, 0.6) is 11.5 Å². The van der Waals surface area contributed by atoms with Crippen molar-refractivity contribution in [2.24, 2.45) is 5.92 Å². The fourth-order valence-corrected chi connectivity index (χ4v) is 2.83. The van der Waals surface area contributed by atoms with Crippen LogP contribution in [0.15, 0.2) is 18.2 Å². The van der Waals surface area contributed by atoms with Crippen molar-refractivity contribution in [2.45, 2.75) is 38.6 Å². The minimum atomic E-state index is -0.245. The van der Waals surface area contributed by atoms with Gasteiger partial charge in [0.05, 0.1) is 6.54 Å². The van der Waals surface area contributed by atoms with E-state index in [2.05, 4.69) is 11.8 Å². The number of hydrogen-bond donors (Lipinski definition) is 2. The Morgan fingerprint density at radius 1 is 1.20 bits per heavy atom. The molecule has 0 saturated heterocycles. The summed E-state index contributed by atoms with van der Waals surface area (Å²) in [6, 6.07) is 4.70. The Bertz CT molecular complexity index is 479. The third-order valence-corrected chi connectivity index (χ3v) is 4.30. The van der Waals surface area contributed by atoms with E-state index in [0.29, 0.717) is 18.2 Å². The predicted molar refractivity (Wildman–Crippen MR) is 78.2 cm³/mol. The molecule has 0 aliphatic heterocycles. The molecule has 2 N–H and O–H groups in total. The summed E-state index contributed by atoms with van der Waals surface area (Å²) in [5, 5.41) is 18.7. The molecular weight excluding hydrogens is 254 g/mol. The number of benzene rings is 1. The fraction of sp³-hybridized carbons (Fsp3) is 0.562. The van der Waals surface area contributed by atoms with Crippen molar-refractivity contribution >= 4 is 5.78 Å². The molecule has 0 atom stereocenters. The molecule has 110 valence electrons. The van der Waals surface area contributed by atoms with Gasteiger partial charge in [0.15, 0.2) is 17.3 Å². The van der Waals surface area contributed by atoms with E-state index in [1.807, 2.05) is 7.05 Å². The molecule has 0 heterocycles. The molecule has 0 aromatic heterocycles. The first kappa shape index (κ1) is 14.9. The highest BCUT2D eigenvalue weighted by molar-refractivity contribution is 5.98. The van der Waals surface area contributed by atoms with Crippen LogP contribution in [0.2, 0.25) is 0 Å². The lowest BCUT2D eigenvalue weighted by atomic mass is 9.86. The average Bonchev–Trinajstić information content (AvgIpc) is 2.42. The van der Waals surface area contributed by atoms with Crippen LogP contribution in [-0.4, -0.2) is 40.5 Å². The lowest BCUT2D eigenvalue weighted by Gasteiger charge is -2.33. The van der Waals surface area contributed by atoms with Crippen LogP contribution < -0.4 is 0 Å². The summed E-state index contributed by atoms with van der Waals surface area (Å²) < 4.78 is 0. The Hall–Kier alpha value is -1.55. The maximum atomic E-state index is 12.2. The van der Waals surface area contributed by atoms with Crippen molar-refractivity contribution in [3.63, 3.8) is 0 Å². The standard InChI is InChI=1S/C16H23NO3/c1-11-3-6-13(7-4-11)17(2)10-16(20)12-5-8-14(18)15(19)9-12/h5,8-9,11,13,18-19H,3-4,6-7,10H2,1-2H3. The van der Waals surface area contributed by atoms with Gasteiger partial charge in [0.25, 0.3) is 0 Å². The van der Waals surface area contributed by atoms with E-state index in [9.17, 15) is 15.0 Å². The minimum Gasteiger partial charge on any atom is -0.504 e. The highest BCUT2D eigenvalue weighted by atomic mass is 16.3. The van der Waals surface area contributed by atoms with Gasteiger partial charge in [0.1, 0.15) is 0 Å². The first-order chi connectivity index (χ1) is 9.47. The minimum absolute atomic E-state index is 0.0265. The van der Waals surface area contributed by atoms with Crippen LogP contribution in [-0.2, 0) is 0 Å². The largest absolute Gasteiger partial charge is 0.504 e. The van der Waals surface area contributed by atoms with E-state index in [0.717, 1.165) is 18.8 Å². The predicted octanol–water partition coefficient (Wildman–Crippen LogP) is 2.79. The van der Waals surface area contributed by atoms with Crippen molar-refractivity contribution in [3.05, 3.63) is 23.8 Å².